The summed E-state index contributed by atoms with van der Waals surface area (Å²) in [5, 5.41) is 11.5. The molecule has 0 aliphatic carbocycles. The van der Waals surface area contributed by atoms with Gasteiger partial charge in [0, 0.05) is 13.1 Å². The van der Waals surface area contributed by atoms with Gasteiger partial charge in [-0.15, -0.1) is 0 Å². The van der Waals surface area contributed by atoms with Crippen molar-refractivity contribution in [1.82, 2.24) is 10.2 Å². The van der Waals surface area contributed by atoms with Gasteiger partial charge in [0.15, 0.2) is 11.5 Å². The SMILES string of the molecule is COc1ccc(CC(=O)N(Cc2ccc(F)cc2)[C@@H](C)C(=O)NCCO)cc1OC. The molecule has 7 nitrogen and oxygen atoms in total. The molecule has 0 saturated carbocycles. The predicted molar refractivity (Wildman–Crippen MR) is 110 cm³/mol. The molecule has 162 valence electrons. The lowest BCUT2D eigenvalue weighted by atomic mass is 10.1. The van der Waals surface area contributed by atoms with Crippen molar-refractivity contribution in [3.8, 4) is 11.5 Å². The molecule has 0 aromatic heterocycles. The zero-order chi connectivity index (χ0) is 22.1. The number of rotatable bonds is 10. The van der Waals surface area contributed by atoms with Crippen molar-refractivity contribution in [2.45, 2.75) is 25.9 Å². The number of benzene rings is 2. The van der Waals surface area contributed by atoms with Crippen LogP contribution in [0.15, 0.2) is 42.5 Å². The van der Waals surface area contributed by atoms with Gasteiger partial charge in [0.25, 0.3) is 0 Å². The number of carbonyl (C=O) groups excluding carboxylic acids is 2. The normalized spacial score (nSPS) is 11.5. The minimum atomic E-state index is -0.783. The number of amides is 2. The largest absolute Gasteiger partial charge is 0.493 e. The van der Waals surface area contributed by atoms with Crippen LogP contribution in [0.3, 0.4) is 0 Å². The Morgan fingerprint density at radius 1 is 1.07 bits per heavy atom. The highest BCUT2D eigenvalue weighted by atomic mass is 19.1. The molecule has 2 aromatic rings. The van der Waals surface area contributed by atoms with E-state index in [1.54, 1.807) is 37.3 Å². The smallest absolute Gasteiger partial charge is 0.242 e. The second-order valence-electron chi connectivity index (χ2n) is 6.70. The average molecular weight is 418 g/mol. The number of carbonyl (C=O) groups is 2. The van der Waals surface area contributed by atoms with Crippen LogP contribution < -0.4 is 14.8 Å². The van der Waals surface area contributed by atoms with Gasteiger partial charge in [-0.1, -0.05) is 18.2 Å². The molecule has 2 N–H and O–H groups in total. The zero-order valence-corrected chi connectivity index (χ0v) is 17.4. The van der Waals surface area contributed by atoms with E-state index in [4.69, 9.17) is 14.6 Å². The first-order chi connectivity index (χ1) is 14.4. The molecule has 30 heavy (non-hydrogen) atoms. The Labute approximate surface area is 175 Å². The highest BCUT2D eigenvalue weighted by Crippen LogP contribution is 2.28. The average Bonchev–Trinajstić information content (AvgIpc) is 2.76. The van der Waals surface area contributed by atoms with Gasteiger partial charge in [0.05, 0.1) is 27.2 Å². The van der Waals surface area contributed by atoms with Crippen LogP contribution in [-0.2, 0) is 22.6 Å². The van der Waals surface area contributed by atoms with E-state index in [1.807, 2.05) is 0 Å². The van der Waals surface area contributed by atoms with Crippen LogP contribution in [0.1, 0.15) is 18.1 Å². The quantitative estimate of drug-likeness (QED) is 0.616. The van der Waals surface area contributed by atoms with Crippen LogP contribution >= 0.6 is 0 Å². The maximum absolute atomic E-state index is 13.2. The number of halogens is 1. The van der Waals surface area contributed by atoms with E-state index in [0.717, 1.165) is 0 Å². The minimum Gasteiger partial charge on any atom is -0.493 e. The van der Waals surface area contributed by atoms with Crippen molar-refractivity contribution in [3.05, 3.63) is 59.4 Å². The third kappa shape index (κ3) is 6.18. The molecule has 1 atom stereocenters. The maximum atomic E-state index is 13.2. The van der Waals surface area contributed by atoms with Crippen molar-refractivity contribution in [2.24, 2.45) is 0 Å². The third-order valence-electron chi connectivity index (χ3n) is 4.65. The monoisotopic (exact) mass is 418 g/mol. The first-order valence-corrected chi connectivity index (χ1v) is 9.53. The van der Waals surface area contributed by atoms with Crippen LogP contribution in [0.2, 0.25) is 0 Å². The summed E-state index contributed by atoms with van der Waals surface area (Å²) in [4.78, 5) is 27.0. The Bertz CT molecular complexity index is 857. The summed E-state index contributed by atoms with van der Waals surface area (Å²) in [6.45, 7) is 1.65. The lowest BCUT2D eigenvalue weighted by Crippen LogP contribution is -2.48. The van der Waals surface area contributed by atoms with Crippen LogP contribution in [0, 0.1) is 5.82 Å². The number of aliphatic hydroxyl groups is 1. The topological polar surface area (TPSA) is 88.1 Å². The summed E-state index contributed by atoms with van der Waals surface area (Å²) in [6, 6.07) is 10.2. The first-order valence-electron chi connectivity index (χ1n) is 9.53. The molecule has 0 fully saturated rings. The number of aliphatic hydroxyl groups excluding tert-OH is 1. The van der Waals surface area contributed by atoms with E-state index in [9.17, 15) is 14.0 Å². The minimum absolute atomic E-state index is 0.0408. The van der Waals surface area contributed by atoms with E-state index < -0.39 is 6.04 Å². The summed E-state index contributed by atoms with van der Waals surface area (Å²) < 4.78 is 23.7. The lowest BCUT2D eigenvalue weighted by Gasteiger charge is -2.29. The number of nitrogens with zero attached hydrogens (tertiary/aromatic N) is 1. The van der Waals surface area contributed by atoms with E-state index in [2.05, 4.69) is 5.32 Å². The summed E-state index contributed by atoms with van der Waals surface area (Å²) in [5.41, 5.74) is 1.39. The van der Waals surface area contributed by atoms with Gasteiger partial charge >= 0.3 is 0 Å². The van der Waals surface area contributed by atoms with E-state index >= 15 is 0 Å². The Morgan fingerprint density at radius 3 is 2.30 bits per heavy atom. The Kier molecular flexibility index (Phi) is 8.61. The van der Waals surface area contributed by atoms with Crippen molar-refractivity contribution in [2.75, 3.05) is 27.4 Å². The summed E-state index contributed by atoms with van der Waals surface area (Å²) in [5.74, 6) is 0.0101. The molecule has 8 heteroatoms. The molecule has 2 rings (SSSR count). The Balaban J connectivity index is 2.24. The molecule has 0 saturated heterocycles. The van der Waals surface area contributed by atoms with Crippen LogP contribution in [-0.4, -0.2) is 55.2 Å². The van der Waals surface area contributed by atoms with Gasteiger partial charge in [0.1, 0.15) is 11.9 Å². The van der Waals surface area contributed by atoms with Crippen LogP contribution in [0.25, 0.3) is 0 Å². The summed E-state index contributed by atoms with van der Waals surface area (Å²) >= 11 is 0. The van der Waals surface area contributed by atoms with Crippen molar-refractivity contribution in [3.63, 3.8) is 0 Å². The molecule has 0 aliphatic heterocycles. The number of hydrogen-bond acceptors (Lipinski definition) is 5. The second-order valence-corrected chi connectivity index (χ2v) is 6.70. The fourth-order valence-corrected chi connectivity index (χ4v) is 2.96. The second kappa shape index (κ2) is 11.2. The molecular formula is C22H27FN2O5. The van der Waals surface area contributed by atoms with Gasteiger partial charge in [-0.2, -0.15) is 0 Å². The Morgan fingerprint density at radius 2 is 1.70 bits per heavy atom. The third-order valence-corrected chi connectivity index (χ3v) is 4.65. The standard InChI is InChI=1S/C22H27FN2O5/c1-15(22(28)24-10-11-26)25(14-16-4-7-18(23)8-5-16)21(27)13-17-6-9-19(29-2)20(12-17)30-3/h4-9,12,15,26H,10-11,13-14H2,1-3H3,(H,24,28)/t15-/m0/s1. The van der Waals surface area contributed by atoms with E-state index in [0.29, 0.717) is 22.6 Å². The molecule has 2 amide bonds. The van der Waals surface area contributed by atoms with Gasteiger partial charge in [0.2, 0.25) is 11.8 Å². The predicted octanol–water partition coefficient (Wildman–Crippen LogP) is 1.91. The molecule has 0 spiro atoms. The van der Waals surface area contributed by atoms with Crippen LogP contribution in [0.5, 0.6) is 11.5 Å². The van der Waals surface area contributed by atoms with Gasteiger partial charge in [-0.05, 0) is 42.3 Å². The van der Waals surface area contributed by atoms with E-state index in [1.165, 1.54) is 31.3 Å². The highest BCUT2D eigenvalue weighted by Gasteiger charge is 2.26. The lowest BCUT2D eigenvalue weighted by molar-refractivity contribution is -0.140. The van der Waals surface area contributed by atoms with Crippen molar-refractivity contribution in [1.29, 1.82) is 0 Å². The van der Waals surface area contributed by atoms with Gasteiger partial charge in [-0.3, -0.25) is 9.59 Å². The number of hydrogen-bond donors (Lipinski definition) is 2. The molecule has 0 unspecified atom stereocenters. The van der Waals surface area contributed by atoms with E-state index in [-0.39, 0.29) is 43.7 Å². The number of nitrogens with one attached hydrogen (secondary N) is 1. The number of ether oxygens (including phenoxy) is 2. The molecule has 0 bridgehead atoms. The fraction of sp³-hybridized carbons (Fsp3) is 0.364. The fourth-order valence-electron chi connectivity index (χ4n) is 2.96. The molecular weight excluding hydrogens is 391 g/mol. The van der Waals surface area contributed by atoms with Gasteiger partial charge < -0.3 is 24.8 Å². The molecule has 2 aromatic carbocycles. The number of methoxy groups -OCH3 is 2. The highest BCUT2D eigenvalue weighted by molar-refractivity contribution is 5.88. The summed E-state index contributed by atoms with van der Waals surface area (Å²) in [7, 11) is 3.04. The molecule has 0 aliphatic rings. The zero-order valence-electron chi connectivity index (χ0n) is 17.4. The molecule has 0 radical (unpaired) electrons. The first kappa shape index (κ1) is 23.2. The molecule has 0 heterocycles. The van der Waals surface area contributed by atoms with Crippen molar-refractivity contribution >= 4 is 11.8 Å². The Hall–Kier alpha value is -3.13. The van der Waals surface area contributed by atoms with Gasteiger partial charge in [-0.25, -0.2) is 4.39 Å². The van der Waals surface area contributed by atoms with Crippen LogP contribution in [0.4, 0.5) is 4.39 Å². The summed E-state index contributed by atoms with van der Waals surface area (Å²) in [6.07, 6.45) is 0.0408. The van der Waals surface area contributed by atoms with Crippen molar-refractivity contribution < 1.29 is 28.6 Å². The maximum Gasteiger partial charge on any atom is 0.242 e.